The van der Waals surface area contributed by atoms with E-state index in [9.17, 15) is 22.3 Å². The summed E-state index contributed by atoms with van der Waals surface area (Å²) in [5.74, 6) is -2.68. The molecule has 0 aliphatic carbocycles. The highest BCUT2D eigenvalue weighted by atomic mass is 32.2. The van der Waals surface area contributed by atoms with Crippen LogP contribution in [0.5, 0.6) is 0 Å². The molecule has 6 nitrogen and oxygen atoms in total. The molecule has 0 radical (unpaired) electrons. The van der Waals surface area contributed by atoms with Crippen LogP contribution in [0.4, 0.5) is 8.78 Å². The van der Waals surface area contributed by atoms with Gasteiger partial charge in [-0.25, -0.2) is 17.2 Å². The first-order valence-electron chi connectivity index (χ1n) is 6.39. The van der Waals surface area contributed by atoms with Crippen LogP contribution in [0.25, 0.3) is 0 Å². The average molecular weight is 332 g/mol. The number of rotatable bonds is 4. The standard InChI is InChI=1S/C13H14F2N2O4S/c1-21-10-4-9(7-18)17(6-10)22(19,20)13-11(14)2-8(5-16)3-12(13)15/h2-3,9-10,18H,4,6-7H2,1H3/t9-,10+/m0/s1. The van der Waals surface area contributed by atoms with Gasteiger partial charge in [-0.15, -0.1) is 0 Å². The highest BCUT2D eigenvalue weighted by Crippen LogP contribution is 2.30. The minimum absolute atomic E-state index is 0.108. The second-order valence-electron chi connectivity index (χ2n) is 4.89. The maximum Gasteiger partial charge on any atom is 0.249 e. The van der Waals surface area contributed by atoms with Crippen molar-refractivity contribution in [2.75, 3.05) is 20.3 Å². The summed E-state index contributed by atoms with van der Waals surface area (Å²) >= 11 is 0. The third-order valence-electron chi connectivity index (χ3n) is 3.56. The zero-order valence-corrected chi connectivity index (χ0v) is 12.5. The molecule has 1 N–H and O–H groups in total. The van der Waals surface area contributed by atoms with E-state index in [1.807, 2.05) is 0 Å². The van der Waals surface area contributed by atoms with Gasteiger partial charge in [0.1, 0.15) is 11.6 Å². The minimum atomic E-state index is -4.50. The molecule has 0 saturated carbocycles. The number of nitrogens with zero attached hydrogens (tertiary/aromatic N) is 2. The fourth-order valence-corrected chi connectivity index (χ4v) is 4.22. The fraction of sp³-hybridized carbons (Fsp3) is 0.462. The molecule has 1 aliphatic heterocycles. The van der Waals surface area contributed by atoms with E-state index in [4.69, 9.17) is 10.00 Å². The van der Waals surface area contributed by atoms with Gasteiger partial charge < -0.3 is 9.84 Å². The van der Waals surface area contributed by atoms with Crippen LogP contribution in [0.2, 0.25) is 0 Å². The zero-order chi connectivity index (χ0) is 16.5. The molecule has 0 amide bonds. The molecule has 120 valence electrons. The third kappa shape index (κ3) is 2.83. The molecule has 0 spiro atoms. The van der Waals surface area contributed by atoms with Crippen LogP contribution in [0.1, 0.15) is 12.0 Å². The second kappa shape index (κ2) is 6.26. The Hall–Kier alpha value is -1.60. The number of aliphatic hydroxyl groups is 1. The monoisotopic (exact) mass is 332 g/mol. The van der Waals surface area contributed by atoms with Crippen LogP contribution in [0.3, 0.4) is 0 Å². The van der Waals surface area contributed by atoms with Crippen molar-refractivity contribution in [3.05, 3.63) is 29.3 Å². The zero-order valence-electron chi connectivity index (χ0n) is 11.7. The van der Waals surface area contributed by atoms with Crippen molar-refractivity contribution in [1.29, 1.82) is 5.26 Å². The number of halogens is 2. The number of benzene rings is 1. The molecule has 9 heteroatoms. The summed E-state index contributed by atoms with van der Waals surface area (Å²) < 4.78 is 58.8. The first kappa shape index (κ1) is 16.8. The average Bonchev–Trinajstić information content (AvgIpc) is 2.90. The molecular formula is C13H14F2N2O4S. The van der Waals surface area contributed by atoms with Crippen molar-refractivity contribution in [2.24, 2.45) is 0 Å². The number of hydrogen-bond donors (Lipinski definition) is 1. The summed E-state index contributed by atoms with van der Waals surface area (Å²) in [6.07, 6.45) is -0.234. The summed E-state index contributed by atoms with van der Waals surface area (Å²) in [7, 11) is -3.11. The maximum atomic E-state index is 14.0. The smallest absolute Gasteiger partial charge is 0.249 e. The number of nitriles is 1. The van der Waals surface area contributed by atoms with Crippen LogP contribution in [-0.2, 0) is 14.8 Å². The van der Waals surface area contributed by atoms with Gasteiger partial charge in [0.15, 0.2) is 4.90 Å². The van der Waals surface area contributed by atoms with Crippen molar-refractivity contribution >= 4 is 10.0 Å². The van der Waals surface area contributed by atoms with E-state index in [2.05, 4.69) is 0 Å². The number of hydrogen-bond acceptors (Lipinski definition) is 5. The molecule has 0 bridgehead atoms. The highest BCUT2D eigenvalue weighted by Gasteiger charge is 2.42. The van der Waals surface area contributed by atoms with Gasteiger partial charge in [-0.1, -0.05) is 0 Å². The van der Waals surface area contributed by atoms with Gasteiger partial charge in [-0.05, 0) is 18.6 Å². The van der Waals surface area contributed by atoms with E-state index in [0.29, 0.717) is 12.1 Å². The lowest BCUT2D eigenvalue weighted by molar-refractivity contribution is 0.113. The van der Waals surface area contributed by atoms with Crippen molar-refractivity contribution in [1.82, 2.24) is 4.31 Å². The Bertz CT molecular complexity index is 694. The van der Waals surface area contributed by atoms with Gasteiger partial charge in [0, 0.05) is 13.7 Å². The molecule has 1 aromatic carbocycles. The van der Waals surface area contributed by atoms with Gasteiger partial charge in [0.2, 0.25) is 10.0 Å². The van der Waals surface area contributed by atoms with Gasteiger partial charge in [-0.3, -0.25) is 0 Å². The summed E-state index contributed by atoms with van der Waals surface area (Å²) in [6.45, 7) is -0.596. The van der Waals surface area contributed by atoms with Crippen LogP contribution >= 0.6 is 0 Å². The lowest BCUT2D eigenvalue weighted by Crippen LogP contribution is -2.38. The SMILES string of the molecule is CO[C@@H]1C[C@@H](CO)N(S(=O)(=O)c2c(F)cc(C#N)cc2F)C1. The minimum Gasteiger partial charge on any atom is -0.395 e. The third-order valence-corrected chi connectivity index (χ3v) is 5.53. The number of aliphatic hydroxyl groups excluding tert-OH is 1. The molecule has 2 rings (SSSR count). The van der Waals surface area contributed by atoms with E-state index < -0.39 is 45.3 Å². The Labute approximate surface area is 126 Å². The normalized spacial score (nSPS) is 22.7. The second-order valence-corrected chi connectivity index (χ2v) is 6.71. The van der Waals surface area contributed by atoms with E-state index in [-0.39, 0.29) is 18.5 Å². The van der Waals surface area contributed by atoms with E-state index in [1.165, 1.54) is 7.11 Å². The maximum absolute atomic E-state index is 14.0. The Morgan fingerprint density at radius 1 is 1.45 bits per heavy atom. The molecule has 1 aliphatic rings. The number of ether oxygens (including phenoxy) is 1. The van der Waals surface area contributed by atoms with Crippen LogP contribution < -0.4 is 0 Å². The lowest BCUT2D eigenvalue weighted by atomic mass is 10.2. The summed E-state index contributed by atoms with van der Waals surface area (Å²) in [5, 5.41) is 17.9. The van der Waals surface area contributed by atoms with Crippen LogP contribution in [0.15, 0.2) is 17.0 Å². The van der Waals surface area contributed by atoms with Gasteiger partial charge in [0.25, 0.3) is 0 Å². The van der Waals surface area contributed by atoms with Crippen LogP contribution in [-0.4, -0.2) is 50.2 Å². The Balaban J connectivity index is 2.50. The quantitative estimate of drug-likeness (QED) is 0.872. The topological polar surface area (TPSA) is 90.6 Å². The van der Waals surface area contributed by atoms with Crippen molar-refractivity contribution < 1.29 is 27.0 Å². The van der Waals surface area contributed by atoms with Crippen molar-refractivity contribution in [3.8, 4) is 6.07 Å². The van der Waals surface area contributed by atoms with E-state index >= 15 is 0 Å². The summed E-state index contributed by atoms with van der Waals surface area (Å²) in [4.78, 5) is -1.12. The van der Waals surface area contributed by atoms with Gasteiger partial charge >= 0.3 is 0 Å². The Morgan fingerprint density at radius 3 is 2.50 bits per heavy atom. The predicted octanol–water partition coefficient (Wildman–Crippen LogP) is 0.607. The largest absolute Gasteiger partial charge is 0.395 e. The van der Waals surface area contributed by atoms with Gasteiger partial charge in [-0.2, -0.15) is 9.57 Å². The number of sulfonamides is 1. The van der Waals surface area contributed by atoms with Crippen molar-refractivity contribution in [3.63, 3.8) is 0 Å². The molecule has 1 aromatic rings. The summed E-state index contributed by atoms with van der Waals surface area (Å²) in [6, 6.07) is 2.05. The first-order valence-corrected chi connectivity index (χ1v) is 7.83. The lowest BCUT2D eigenvalue weighted by Gasteiger charge is -2.22. The van der Waals surface area contributed by atoms with E-state index in [0.717, 1.165) is 4.31 Å². The highest BCUT2D eigenvalue weighted by molar-refractivity contribution is 7.89. The summed E-state index contributed by atoms with van der Waals surface area (Å²) in [5.41, 5.74) is -0.316. The first-order chi connectivity index (χ1) is 10.3. The Kier molecular flexibility index (Phi) is 4.77. The molecule has 0 unspecified atom stereocenters. The predicted molar refractivity (Wildman–Crippen MR) is 71.3 cm³/mol. The van der Waals surface area contributed by atoms with Crippen LogP contribution in [0, 0.1) is 23.0 Å². The van der Waals surface area contributed by atoms with Gasteiger partial charge in [0.05, 0.1) is 30.4 Å². The molecule has 22 heavy (non-hydrogen) atoms. The fourth-order valence-electron chi connectivity index (χ4n) is 2.46. The number of methoxy groups -OCH3 is 1. The molecule has 2 atom stereocenters. The molecule has 1 fully saturated rings. The van der Waals surface area contributed by atoms with Crippen molar-refractivity contribution in [2.45, 2.75) is 23.5 Å². The Morgan fingerprint density at radius 2 is 2.05 bits per heavy atom. The van der Waals surface area contributed by atoms with E-state index in [1.54, 1.807) is 6.07 Å². The molecular weight excluding hydrogens is 318 g/mol. The molecule has 0 aromatic heterocycles. The molecule has 1 saturated heterocycles. The molecule has 1 heterocycles.